The number of anilines is 2. The summed E-state index contributed by atoms with van der Waals surface area (Å²) in [6.07, 6.45) is -6.84. The van der Waals surface area contributed by atoms with Crippen LogP contribution in [0.4, 0.5) is 24.1 Å². The molecular weight excluding hydrogens is 429 g/mol. The van der Waals surface area contributed by atoms with Gasteiger partial charge in [0.05, 0.1) is 25.3 Å². The van der Waals surface area contributed by atoms with Crippen LogP contribution >= 0.6 is 11.3 Å². The van der Waals surface area contributed by atoms with Gasteiger partial charge in [-0.2, -0.15) is 18.4 Å². The number of thiazole rings is 1. The summed E-state index contributed by atoms with van der Waals surface area (Å²) < 4.78 is 61.8. The summed E-state index contributed by atoms with van der Waals surface area (Å²) in [5, 5.41) is 10.1. The summed E-state index contributed by atoms with van der Waals surface area (Å²) in [5.74, 6) is -1.04. The molecule has 0 bridgehead atoms. The molecule has 166 valence electrons. The van der Waals surface area contributed by atoms with Gasteiger partial charge in [-0.25, -0.2) is 4.98 Å². The van der Waals surface area contributed by atoms with E-state index in [0.717, 1.165) is 29.2 Å². The molecule has 0 spiro atoms. The van der Waals surface area contributed by atoms with Crippen molar-refractivity contribution < 1.29 is 25.4 Å². The van der Waals surface area contributed by atoms with Gasteiger partial charge in [0.25, 0.3) is 0 Å². The quantitative estimate of drug-likeness (QED) is 0.648. The fourth-order valence-corrected chi connectivity index (χ4v) is 4.38. The van der Waals surface area contributed by atoms with E-state index >= 15 is 0 Å². The second-order valence-electron chi connectivity index (χ2n) is 6.80. The molecule has 1 aliphatic rings. The van der Waals surface area contributed by atoms with Gasteiger partial charge in [-0.3, -0.25) is 9.69 Å². The summed E-state index contributed by atoms with van der Waals surface area (Å²) in [6.45, 7) is 4.32. The lowest BCUT2D eigenvalue weighted by atomic mass is 9.97. The molecule has 1 saturated heterocycles. The topological polar surface area (TPSA) is 69.5 Å². The van der Waals surface area contributed by atoms with E-state index in [1.165, 1.54) is 12.1 Å². The van der Waals surface area contributed by atoms with Crippen LogP contribution in [0.2, 0.25) is 0 Å². The van der Waals surface area contributed by atoms with Gasteiger partial charge in [-0.05, 0) is 23.6 Å². The fraction of sp³-hybridized carbons (Fsp3) is 0.476. The van der Waals surface area contributed by atoms with Crippen LogP contribution in [0, 0.1) is 11.3 Å². The number of nitrogens with zero attached hydrogens (tertiary/aromatic N) is 4. The van der Waals surface area contributed by atoms with Crippen LogP contribution in [0.15, 0.2) is 18.2 Å². The lowest BCUT2D eigenvalue weighted by Gasteiger charge is -2.26. The minimum absolute atomic E-state index is 0.0154. The summed E-state index contributed by atoms with van der Waals surface area (Å²) >= 11 is 1.05. The van der Waals surface area contributed by atoms with E-state index in [-0.39, 0.29) is 34.8 Å². The molecule has 0 unspecified atom stereocenters. The Morgan fingerprint density at radius 2 is 2.10 bits per heavy atom. The summed E-state index contributed by atoms with van der Waals surface area (Å²) in [4.78, 5) is 20.5. The van der Waals surface area contributed by atoms with Gasteiger partial charge in [0.15, 0.2) is 15.8 Å². The number of hydrogen-bond donors (Lipinski definition) is 0. The van der Waals surface area contributed by atoms with Crippen LogP contribution in [-0.4, -0.2) is 37.2 Å². The van der Waals surface area contributed by atoms with E-state index in [9.17, 15) is 23.2 Å². The van der Waals surface area contributed by atoms with E-state index in [1.54, 1.807) is 6.92 Å². The SMILES string of the molecule is [2H]C([2H])(C)C(=O)N(Cc1cccc(C(F)(F)F)c1CC)c1nc(N2CCOCC2)sc1C#N. The lowest BCUT2D eigenvalue weighted by molar-refractivity contribution is -0.138. The van der Waals surface area contributed by atoms with Gasteiger partial charge in [-0.15, -0.1) is 0 Å². The highest BCUT2D eigenvalue weighted by Gasteiger charge is 2.34. The average Bonchev–Trinajstić information content (AvgIpc) is 3.20. The third-order valence-corrected chi connectivity index (χ3v) is 5.97. The molecule has 2 heterocycles. The smallest absolute Gasteiger partial charge is 0.378 e. The van der Waals surface area contributed by atoms with E-state index in [4.69, 9.17) is 7.48 Å². The Morgan fingerprint density at radius 3 is 2.68 bits per heavy atom. The van der Waals surface area contributed by atoms with Gasteiger partial charge in [0, 0.05) is 22.2 Å². The first kappa shape index (κ1) is 20.3. The maximum absolute atomic E-state index is 13.5. The highest BCUT2D eigenvalue weighted by Crippen LogP contribution is 2.36. The molecule has 0 N–H and O–H groups in total. The molecule has 6 nitrogen and oxygen atoms in total. The van der Waals surface area contributed by atoms with Crippen molar-refractivity contribution in [2.75, 3.05) is 36.1 Å². The van der Waals surface area contributed by atoms with Crippen LogP contribution in [0.3, 0.4) is 0 Å². The number of hydrogen-bond acceptors (Lipinski definition) is 6. The summed E-state index contributed by atoms with van der Waals surface area (Å²) in [6, 6.07) is 5.70. The van der Waals surface area contributed by atoms with Crippen molar-refractivity contribution in [2.24, 2.45) is 0 Å². The molecule has 3 rings (SSSR count). The highest BCUT2D eigenvalue weighted by atomic mass is 32.1. The van der Waals surface area contributed by atoms with Crippen molar-refractivity contribution in [2.45, 2.75) is 39.4 Å². The predicted molar refractivity (Wildman–Crippen MR) is 112 cm³/mol. The molecule has 0 atom stereocenters. The number of benzene rings is 1. The standard InChI is InChI=1S/C21H23F3N4O2S/c1-3-15-14(6-5-7-16(15)21(22,23)24)13-28(18(29)4-2)19-17(12-25)31-20(26-19)27-8-10-30-11-9-27/h5-7H,3-4,8-11,13H2,1-2H3/i4D2. The van der Waals surface area contributed by atoms with Gasteiger partial charge in [0.1, 0.15) is 6.07 Å². The minimum Gasteiger partial charge on any atom is -0.378 e. The molecule has 0 saturated carbocycles. The van der Waals surface area contributed by atoms with Gasteiger partial charge in [0.2, 0.25) is 5.91 Å². The van der Waals surface area contributed by atoms with Crippen molar-refractivity contribution in [1.29, 1.82) is 5.26 Å². The van der Waals surface area contributed by atoms with Crippen molar-refractivity contribution >= 4 is 28.2 Å². The van der Waals surface area contributed by atoms with E-state index < -0.39 is 24.0 Å². The van der Waals surface area contributed by atoms with E-state index in [0.29, 0.717) is 31.4 Å². The largest absolute Gasteiger partial charge is 0.416 e. The first-order valence-corrected chi connectivity index (χ1v) is 10.5. The molecule has 1 aliphatic heterocycles. The molecule has 2 aromatic rings. The van der Waals surface area contributed by atoms with Crippen LogP contribution in [0.25, 0.3) is 0 Å². The molecule has 1 aromatic carbocycles. The zero-order chi connectivity index (χ0) is 24.4. The number of morpholine rings is 1. The third-order valence-electron chi connectivity index (χ3n) is 4.96. The first-order chi connectivity index (χ1) is 15.5. The second-order valence-corrected chi connectivity index (χ2v) is 7.77. The summed E-state index contributed by atoms with van der Waals surface area (Å²) in [5.41, 5.74) is -0.571. The predicted octanol–water partition coefficient (Wildman–Crippen LogP) is 4.38. The number of ether oxygens (including phenoxy) is 1. The monoisotopic (exact) mass is 454 g/mol. The number of amides is 1. The van der Waals surface area contributed by atoms with Crippen LogP contribution < -0.4 is 9.80 Å². The summed E-state index contributed by atoms with van der Waals surface area (Å²) in [7, 11) is 0. The van der Waals surface area contributed by atoms with Crippen LogP contribution in [0.5, 0.6) is 0 Å². The molecule has 1 fully saturated rings. The van der Waals surface area contributed by atoms with Gasteiger partial charge in [-0.1, -0.05) is 37.3 Å². The van der Waals surface area contributed by atoms with E-state index in [1.807, 2.05) is 11.0 Å². The Bertz CT molecular complexity index is 1060. The molecule has 31 heavy (non-hydrogen) atoms. The Balaban J connectivity index is 2.09. The minimum atomic E-state index is -4.57. The highest BCUT2D eigenvalue weighted by molar-refractivity contribution is 7.16. The number of carbonyl (C=O) groups excluding carboxylic acids is 1. The number of nitriles is 1. The Labute approximate surface area is 185 Å². The average molecular weight is 455 g/mol. The Hall–Kier alpha value is -2.64. The lowest BCUT2D eigenvalue weighted by Crippen LogP contribution is -2.36. The van der Waals surface area contributed by atoms with Crippen molar-refractivity contribution in [3.63, 3.8) is 0 Å². The zero-order valence-corrected chi connectivity index (χ0v) is 17.9. The fourth-order valence-electron chi connectivity index (χ4n) is 3.46. The molecular formula is C21H23F3N4O2S. The number of aromatic nitrogens is 1. The molecule has 1 amide bonds. The van der Waals surface area contributed by atoms with Crippen molar-refractivity contribution in [1.82, 2.24) is 4.98 Å². The number of rotatable bonds is 6. The number of alkyl halides is 3. The van der Waals surface area contributed by atoms with Gasteiger partial charge >= 0.3 is 6.18 Å². The van der Waals surface area contributed by atoms with Crippen LogP contribution in [0.1, 0.15) is 44.5 Å². The molecule has 1 aromatic heterocycles. The first-order valence-electron chi connectivity index (χ1n) is 10.7. The molecule has 0 radical (unpaired) electrons. The second kappa shape index (κ2) is 9.66. The number of halogens is 3. The van der Waals surface area contributed by atoms with Crippen molar-refractivity contribution in [3.05, 3.63) is 39.8 Å². The molecule has 10 heteroatoms. The van der Waals surface area contributed by atoms with Crippen LogP contribution in [-0.2, 0) is 28.7 Å². The third kappa shape index (κ3) is 4.99. The normalized spacial score (nSPS) is 15.8. The van der Waals surface area contributed by atoms with Crippen molar-refractivity contribution in [3.8, 4) is 6.07 Å². The number of carbonyl (C=O) groups is 1. The Morgan fingerprint density at radius 1 is 1.39 bits per heavy atom. The zero-order valence-electron chi connectivity index (χ0n) is 19.1. The van der Waals surface area contributed by atoms with E-state index in [2.05, 4.69) is 4.98 Å². The maximum Gasteiger partial charge on any atom is 0.416 e. The Kier molecular flexibility index (Phi) is 6.32. The maximum atomic E-state index is 13.5. The van der Waals surface area contributed by atoms with Gasteiger partial charge < -0.3 is 9.64 Å². The molecule has 0 aliphatic carbocycles.